The van der Waals surface area contributed by atoms with Gasteiger partial charge in [-0.1, -0.05) is 6.92 Å². The van der Waals surface area contributed by atoms with Crippen molar-refractivity contribution in [2.24, 2.45) is 0 Å². The number of carbonyl (C=O) groups is 1. The van der Waals surface area contributed by atoms with E-state index in [1.54, 1.807) is 31.3 Å². The summed E-state index contributed by atoms with van der Waals surface area (Å²) in [6.45, 7) is 3.01. The standard InChI is InChI=1S/C17H19FN2O/c1-3-12-19-15-8-4-13(5-9-15)17(21)20(2)16-10-6-14(18)7-11-16/h4-11,19H,3,12H2,1-2H3. The Labute approximate surface area is 124 Å². The number of carbonyl (C=O) groups excluding carboxylic acids is 1. The van der Waals surface area contributed by atoms with E-state index in [-0.39, 0.29) is 11.7 Å². The van der Waals surface area contributed by atoms with Crippen LogP contribution in [-0.4, -0.2) is 19.5 Å². The van der Waals surface area contributed by atoms with Gasteiger partial charge in [0.15, 0.2) is 0 Å². The van der Waals surface area contributed by atoms with Gasteiger partial charge in [0.05, 0.1) is 0 Å². The minimum atomic E-state index is -0.314. The van der Waals surface area contributed by atoms with Crippen LogP contribution in [-0.2, 0) is 0 Å². The van der Waals surface area contributed by atoms with Crippen LogP contribution in [0.4, 0.5) is 15.8 Å². The van der Waals surface area contributed by atoms with E-state index in [0.717, 1.165) is 18.7 Å². The van der Waals surface area contributed by atoms with E-state index in [1.165, 1.54) is 17.0 Å². The van der Waals surface area contributed by atoms with Crippen molar-refractivity contribution in [2.45, 2.75) is 13.3 Å². The second-order valence-electron chi connectivity index (χ2n) is 4.84. The lowest BCUT2D eigenvalue weighted by atomic mass is 10.1. The first kappa shape index (κ1) is 15.0. The Morgan fingerprint density at radius 2 is 1.71 bits per heavy atom. The van der Waals surface area contributed by atoms with E-state index in [2.05, 4.69) is 12.2 Å². The van der Waals surface area contributed by atoms with Gasteiger partial charge in [0.2, 0.25) is 0 Å². The van der Waals surface area contributed by atoms with Gasteiger partial charge in [-0.15, -0.1) is 0 Å². The maximum absolute atomic E-state index is 12.9. The first-order chi connectivity index (χ1) is 10.1. The fourth-order valence-electron chi connectivity index (χ4n) is 1.98. The molecule has 0 heterocycles. The predicted octanol–water partition coefficient (Wildman–Crippen LogP) is 3.92. The van der Waals surface area contributed by atoms with Crippen molar-refractivity contribution < 1.29 is 9.18 Å². The number of halogens is 1. The molecule has 3 nitrogen and oxygen atoms in total. The van der Waals surface area contributed by atoms with Crippen LogP contribution in [0.15, 0.2) is 48.5 Å². The Hall–Kier alpha value is -2.36. The molecule has 0 saturated heterocycles. The summed E-state index contributed by atoms with van der Waals surface area (Å²) >= 11 is 0. The highest BCUT2D eigenvalue weighted by molar-refractivity contribution is 6.05. The van der Waals surface area contributed by atoms with Gasteiger partial charge in [0, 0.05) is 30.5 Å². The molecule has 0 saturated carbocycles. The lowest BCUT2D eigenvalue weighted by Gasteiger charge is -2.17. The molecule has 4 heteroatoms. The van der Waals surface area contributed by atoms with Crippen molar-refractivity contribution in [3.63, 3.8) is 0 Å². The molecule has 0 aliphatic heterocycles. The smallest absolute Gasteiger partial charge is 0.258 e. The third kappa shape index (κ3) is 3.81. The Morgan fingerprint density at radius 3 is 2.29 bits per heavy atom. The zero-order valence-electron chi connectivity index (χ0n) is 12.3. The van der Waals surface area contributed by atoms with E-state index in [1.807, 2.05) is 12.1 Å². The van der Waals surface area contributed by atoms with Gasteiger partial charge in [0.25, 0.3) is 5.91 Å². The largest absolute Gasteiger partial charge is 0.385 e. The van der Waals surface area contributed by atoms with Crippen LogP contribution in [0.3, 0.4) is 0 Å². The third-order valence-corrected chi connectivity index (χ3v) is 3.23. The molecule has 0 radical (unpaired) electrons. The summed E-state index contributed by atoms with van der Waals surface area (Å²) < 4.78 is 12.9. The monoisotopic (exact) mass is 286 g/mol. The highest BCUT2D eigenvalue weighted by Gasteiger charge is 2.13. The van der Waals surface area contributed by atoms with E-state index < -0.39 is 0 Å². The van der Waals surface area contributed by atoms with E-state index in [4.69, 9.17) is 0 Å². The highest BCUT2D eigenvalue weighted by atomic mass is 19.1. The maximum Gasteiger partial charge on any atom is 0.258 e. The molecule has 0 aliphatic carbocycles. The summed E-state index contributed by atoms with van der Waals surface area (Å²) in [5, 5.41) is 3.26. The van der Waals surface area contributed by atoms with Gasteiger partial charge in [-0.05, 0) is 55.0 Å². The Bertz CT molecular complexity index is 593. The van der Waals surface area contributed by atoms with Crippen LogP contribution < -0.4 is 10.2 Å². The first-order valence-electron chi connectivity index (χ1n) is 6.99. The number of rotatable bonds is 5. The lowest BCUT2D eigenvalue weighted by molar-refractivity contribution is 0.0993. The van der Waals surface area contributed by atoms with Crippen LogP contribution >= 0.6 is 0 Å². The lowest BCUT2D eigenvalue weighted by Crippen LogP contribution is -2.26. The van der Waals surface area contributed by atoms with Crippen molar-refractivity contribution in [1.29, 1.82) is 0 Å². The molecule has 0 unspecified atom stereocenters. The molecule has 21 heavy (non-hydrogen) atoms. The number of amides is 1. The molecule has 0 bridgehead atoms. The van der Waals surface area contributed by atoms with Crippen LogP contribution in [0.25, 0.3) is 0 Å². The van der Waals surface area contributed by atoms with Crippen molar-refractivity contribution in [1.82, 2.24) is 0 Å². The quantitative estimate of drug-likeness (QED) is 0.903. The molecule has 0 aromatic heterocycles. The minimum absolute atomic E-state index is 0.122. The van der Waals surface area contributed by atoms with E-state index >= 15 is 0 Å². The molecule has 0 fully saturated rings. The average Bonchev–Trinajstić information content (AvgIpc) is 2.53. The zero-order valence-corrected chi connectivity index (χ0v) is 12.3. The van der Waals surface area contributed by atoms with Crippen LogP contribution in [0.1, 0.15) is 23.7 Å². The minimum Gasteiger partial charge on any atom is -0.385 e. The summed E-state index contributed by atoms with van der Waals surface area (Å²) in [5.74, 6) is -0.436. The molecular formula is C17H19FN2O. The van der Waals surface area contributed by atoms with Crippen molar-refractivity contribution in [3.05, 3.63) is 59.9 Å². The molecule has 1 N–H and O–H groups in total. The maximum atomic E-state index is 12.9. The second kappa shape index (κ2) is 6.88. The number of hydrogen-bond donors (Lipinski definition) is 1. The third-order valence-electron chi connectivity index (χ3n) is 3.23. The van der Waals surface area contributed by atoms with Crippen LogP contribution in [0.2, 0.25) is 0 Å². The number of nitrogens with zero attached hydrogens (tertiary/aromatic N) is 1. The van der Waals surface area contributed by atoms with Gasteiger partial charge < -0.3 is 10.2 Å². The number of hydrogen-bond acceptors (Lipinski definition) is 2. The SMILES string of the molecule is CCCNc1ccc(C(=O)N(C)c2ccc(F)cc2)cc1. The predicted molar refractivity (Wildman–Crippen MR) is 84.4 cm³/mol. The van der Waals surface area contributed by atoms with Gasteiger partial charge in [0.1, 0.15) is 5.82 Å². The normalized spacial score (nSPS) is 10.2. The topological polar surface area (TPSA) is 32.3 Å². The van der Waals surface area contributed by atoms with Gasteiger partial charge >= 0.3 is 0 Å². The van der Waals surface area contributed by atoms with Gasteiger partial charge in [-0.25, -0.2) is 4.39 Å². The Morgan fingerprint density at radius 1 is 1.10 bits per heavy atom. The molecular weight excluding hydrogens is 267 g/mol. The molecule has 0 spiro atoms. The average molecular weight is 286 g/mol. The summed E-state index contributed by atoms with van der Waals surface area (Å²) in [7, 11) is 1.68. The molecule has 110 valence electrons. The Kier molecular flexibility index (Phi) is 4.93. The number of nitrogens with one attached hydrogen (secondary N) is 1. The molecule has 2 aromatic rings. The number of benzene rings is 2. The number of anilines is 2. The van der Waals surface area contributed by atoms with E-state index in [9.17, 15) is 9.18 Å². The molecule has 1 amide bonds. The van der Waals surface area contributed by atoms with Crippen LogP contribution in [0.5, 0.6) is 0 Å². The van der Waals surface area contributed by atoms with Crippen molar-refractivity contribution in [3.8, 4) is 0 Å². The van der Waals surface area contributed by atoms with Crippen LogP contribution in [0, 0.1) is 5.82 Å². The molecule has 2 aromatic carbocycles. The van der Waals surface area contributed by atoms with Gasteiger partial charge in [-0.2, -0.15) is 0 Å². The van der Waals surface area contributed by atoms with Crippen molar-refractivity contribution >= 4 is 17.3 Å². The summed E-state index contributed by atoms with van der Waals surface area (Å²) in [4.78, 5) is 13.9. The summed E-state index contributed by atoms with van der Waals surface area (Å²) in [6, 6.07) is 13.2. The van der Waals surface area contributed by atoms with E-state index in [0.29, 0.717) is 11.3 Å². The summed E-state index contributed by atoms with van der Waals surface area (Å²) in [6.07, 6.45) is 1.05. The second-order valence-corrected chi connectivity index (χ2v) is 4.84. The first-order valence-corrected chi connectivity index (χ1v) is 6.99. The fraction of sp³-hybridized carbons (Fsp3) is 0.235. The fourth-order valence-corrected chi connectivity index (χ4v) is 1.98. The highest BCUT2D eigenvalue weighted by Crippen LogP contribution is 2.17. The zero-order chi connectivity index (χ0) is 15.2. The van der Waals surface area contributed by atoms with Crippen molar-refractivity contribution in [2.75, 3.05) is 23.8 Å². The molecule has 0 aliphatic rings. The van der Waals surface area contributed by atoms with Gasteiger partial charge in [-0.3, -0.25) is 4.79 Å². The Balaban J connectivity index is 2.10. The molecule has 0 atom stereocenters. The summed E-state index contributed by atoms with van der Waals surface area (Å²) in [5.41, 5.74) is 2.26. The molecule has 2 rings (SSSR count).